The highest BCUT2D eigenvalue weighted by Crippen LogP contribution is 2.17. The van der Waals surface area contributed by atoms with Crippen LogP contribution in [0.5, 0.6) is 5.75 Å². The summed E-state index contributed by atoms with van der Waals surface area (Å²) in [6.07, 6.45) is 6.47. The van der Waals surface area contributed by atoms with Gasteiger partial charge in [-0.05, 0) is 50.6 Å². The van der Waals surface area contributed by atoms with Crippen molar-refractivity contribution < 1.29 is 9.47 Å². The summed E-state index contributed by atoms with van der Waals surface area (Å²) in [6.45, 7) is 7.54. The van der Waals surface area contributed by atoms with Gasteiger partial charge >= 0.3 is 0 Å². The molecule has 4 nitrogen and oxygen atoms in total. The number of ether oxygens (including phenoxy) is 2. The normalized spacial score (nSPS) is 16.0. The topological polar surface area (TPSA) is 34.1 Å². The molecule has 122 valence electrons. The lowest BCUT2D eigenvalue weighted by Gasteiger charge is -2.26. The third kappa shape index (κ3) is 6.48. The standard InChI is InChI=1S/C18H28N2O2/c1-2-21-16-19-10-7-13-22-18-9-6-8-17(14-18)15-20-11-4-3-5-12-20/h6,8-9,14,16H,2-5,7,10-13,15H2,1H3. The molecule has 1 aliphatic rings. The molecule has 22 heavy (non-hydrogen) atoms. The Morgan fingerprint density at radius 3 is 2.91 bits per heavy atom. The van der Waals surface area contributed by atoms with Crippen LogP contribution < -0.4 is 4.74 Å². The Morgan fingerprint density at radius 2 is 2.09 bits per heavy atom. The predicted molar refractivity (Wildman–Crippen MR) is 90.7 cm³/mol. The van der Waals surface area contributed by atoms with Gasteiger partial charge in [0.05, 0.1) is 13.2 Å². The van der Waals surface area contributed by atoms with Crippen LogP contribution in [0.15, 0.2) is 29.3 Å². The van der Waals surface area contributed by atoms with Gasteiger partial charge in [-0.25, -0.2) is 0 Å². The number of benzene rings is 1. The minimum Gasteiger partial charge on any atom is -0.494 e. The third-order valence-corrected chi connectivity index (χ3v) is 3.77. The summed E-state index contributed by atoms with van der Waals surface area (Å²) in [5.74, 6) is 0.961. The number of nitrogens with zero attached hydrogens (tertiary/aromatic N) is 2. The molecule has 1 aromatic rings. The number of aliphatic imine (C=N–C) groups is 1. The molecule has 1 heterocycles. The highest BCUT2D eigenvalue weighted by Gasteiger charge is 2.10. The Hall–Kier alpha value is -1.55. The van der Waals surface area contributed by atoms with Crippen LogP contribution in [0, 0.1) is 0 Å². The van der Waals surface area contributed by atoms with Crippen LogP contribution in [0.2, 0.25) is 0 Å². The van der Waals surface area contributed by atoms with E-state index in [-0.39, 0.29) is 0 Å². The third-order valence-electron chi connectivity index (χ3n) is 3.77. The fourth-order valence-corrected chi connectivity index (χ4v) is 2.64. The van der Waals surface area contributed by atoms with Gasteiger partial charge in [0.15, 0.2) is 6.40 Å². The smallest absolute Gasteiger partial charge is 0.169 e. The van der Waals surface area contributed by atoms with E-state index in [0.717, 1.165) is 25.3 Å². The van der Waals surface area contributed by atoms with Crippen molar-refractivity contribution in [1.29, 1.82) is 0 Å². The molecule has 4 heteroatoms. The molecule has 0 atom stereocenters. The molecule has 0 N–H and O–H groups in total. The first-order valence-corrected chi connectivity index (χ1v) is 8.42. The van der Waals surface area contributed by atoms with E-state index < -0.39 is 0 Å². The van der Waals surface area contributed by atoms with E-state index >= 15 is 0 Å². The fourth-order valence-electron chi connectivity index (χ4n) is 2.64. The lowest BCUT2D eigenvalue weighted by atomic mass is 10.1. The van der Waals surface area contributed by atoms with Gasteiger partial charge in [-0.1, -0.05) is 18.6 Å². The predicted octanol–water partition coefficient (Wildman–Crippen LogP) is 3.51. The molecule has 0 amide bonds. The molecule has 1 aliphatic heterocycles. The van der Waals surface area contributed by atoms with Crippen molar-refractivity contribution >= 4 is 6.40 Å². The van der Waals surface area contributed by atoms with E-state index in [1.165, 1.54) is 44.3 Å². The summed E-state index contributed by atoms with van der Waals surface area (Å²) in [5, 5.41) is 0. The van der Waals surface area contributed by atoms with Crippen LogP contribution in [0.4, 0.5) is 0 Å². The van der Waals surface area contributed by atoms with Crippen LogP contribution in [-0.4, -0.2) is 44.1 Å². The quantitative estimate of drug-likeness (QED) is 0.398. The van der Waals surface area contributed by atoms with Crippen LogP contribution in [0.25, 0.3) is 0 Å². The van der Waals surface area contributed by atoms with Crippen LogP contribution in [0.1, 0.15) is 38.2 Å². The molecule has 0 saturated carbocycles. The summed E-state index contributed by atoms with van der Waals surface area (Å²) < 4.78 is 10.9. The van der Waals surface area contributed by atoms with Crippen molar-refractivity contribution in [2.24, 2.45) is 4.99 Å². The highest BCUT2D eigenvalue weighted by atomic mass is 16.5. The summed E-state index contributed by atoms with van der Waals surface area (Å²) in [6, 6.07) is 8.47. The minimum absolute atomic E-state index is 0.670. The van der Waals surface area contributed by atoms with Gasteiger partial charge < -0.3 is 9.47 Å². The van der Waals surface area contributed by atoms with Gasteiger partial charge in [-0.15, -0.1) is 0 Å². The Balaban J connectivity index is 1.69. The molecule has 0 bridgehead atoms. The minimum atomic E-state index is 0.670. The summed E-state index contributed by atoms with van der Waals surface area (Å²) in [5.41, 5.74) is 1.34. The number of hydrogen-bond donors (Lipinski definition) is 0. The largest absolute Gasteiger partial charge is 0.494 e. The van der Waals surface area contributed by atoms with Gasteiger partial charge in [0.2, 0.25) is 0 Å². The molecule has 1 aromatic carbocycles. The number of piperidine rings is 1. The molecular weight excluding hydrogens is 276 g/mol. The van der Waals surface area contributed by atoms with Crippen LogP contribution in [-0.2, 0) is 11.3 Å². The first-order valence-electron chi connectivity index (χ1n) is 8.42. The molecule has 0 spiro atoms. The maximum Gasteiger partial charge on any atom is 0.169 e. The SMILES string of the molecule is CCOC=NCCCOc1cccc(CN2CCCCC2)c1. The lowest BCUT2D eigenvalue weighted by Crippen LogP contribution is -2.29. The maximum absolute atomic E-state index is 5.81. The molecule has 2 rings (SSSR count). The molecular formula is C18H28N2O2. The van der Waals surface area contributed by atoms with Gasteiger partial charge in [-0.3, -0.25) is 9.89 Å². The van der Waals surface area contributed by atoms with Gasteiger partial charge in [-0.2, -0.15) is 0 Å². The zero-order valence-corrected chi connectivity index (χ0v) is 13.7. The summed E-state index contributed by atoms with van der Waals surface area (Å²) in [4.78, 5) is 6.69. The molecule has 0 aliphatic carbocycles. The van der Waals surface area contributed by atoms with E-state index in [0.29, 0.717) is 13.2 Å². The zero-order valence-electron chi connectivity index (χ0n) is 13.7. The highest BCUT2D eigenvalue weighted by molar-refractivity contribution is 5.45. The fraction of sp³-hybridized carbons (Fsp3) is 0.611. The Morgan fingerprint density at radius 1 is 1.23 bits per heavy atom. The van der Waals surface area contributed by atoms with Crippen molar-refractivity contribution in [3.63, 3.8) is 0 Å². The van der Waals surface area contributed by atoms with Crippen molar-refractivity contribution in [3.05, 3.63) is 29.8 Å². The lowest BCUT2D eigenvalue weighted by molar-refractivity contribution is 0.220. The first kappa shape index (κ1) is 16.8. The molecule has 0 radical (unpaired) electrons. The second-order valence-corrected chi connectivity index (χ2v) is 5.65. The first-order chi connectivity index (χ1) is 10.9. The number of hydrogen-bond acceptors (Lipinski definition) is 4. The maximum atomic E-state index is 5.81. The average molecular weight is 304 g/mol. The summed E-state index contributed by atoms with van der Waals surface area (Å²) in [7, 11) is 0. The molecule has 0 aromatic heterocycles. The monoisotopic (exact) mass is 304 g/mol. The molecule has 1 fully saturated rings. The van der Waals surface area contributed by atoms with Crippen LogP contribution >= 0.6 is 0 Å². The van der Waals surface area contributed by atoms with Crippen molar-refractivity contribution in [3.8, 4) is 5.75 Å². The number of rotatable bonds is 9. The van der Waals surface area contributed by atoms with E-state index in [4.69, 9.17) is 9.47 Å². The van der Waals surface area contributed by atoms with E-state index in [1.54, 1.807) is 0 Å². The molecule has 1 saturated heterocycles. The zero-order chi connectivity index (χ0) is 15.5. The van der Waals surface area contributed by atoms with Crippen LogP contribution in [0.3, 0.4) is 0 Å². The van der Waals surface area contributed by atoms with E-state index in [2.05, 4.69) is 28.1 Å². The van der Waals surface area contributed by atoms with E-state index in [9.17, 15) is 0 Å². The van der Waals surface area contributed by atoms with Gasteiger partial charge in [0.25, 0.3) is 0 Å². The van der Waals surface area contributed by atoms with Gasteiger partial charge in [0, 0.05) is 19.5 Å². The Bertz CT molecular complexity index is 442. The van der Waals surface area contributed by atoms with Crippen molar-refractivity contribution in [2.45, 2.75) is 39.2 Å². The molecule has 0 unspecified atom stereocenters. The average Bonchev–Trinajstić information content (AvgIpc) is 2.55. The van der Waals surface area contributed by atoms with Crippen molar-refractivity contribution in [2.75, 3.05) is 32.8 Å². The second-order valence-electron chi connectivity index (χ2n) is 5.65. The Labute approximate surface area is 134 Å². The number of likely N-dealkylation sites (tertiary alicyclic amines) is 1. The van der Waals surface area contributed by atoms with Gasteiger partial charge in [0.1, 0.15) is 5.75 Å². The Kier molecular flexibility index (Phi) is 7.81. The van der Waals surface area contributed by atoms with E-state index in [1.807, 2.05) is 13.0 Å². The van der Waals surface area contributed by atoms with Crippen molar-refractivity contribution in [1.82, 2.24) is 4.90 Å². The summed E-state index contributed by atoms with van der Waals surface area (Å²) >= 11 is 0. The second kappa shape index (κ2) is 10.2.